The van der Waals surface area contributed by atoms with Crippen LogP contribution in [-0.4, -0.2) is 44.9 Å². The van der Waals surface area contributed by atoms with Gasteiger partial charge < -0.3 is 13.3 Å². The van der Waals surface area contributed by atoms with E-state index < -0.39 is 0 Å². The fourth-order valence-corrected chi connectivity index (χ4v) is 20.5. The van der Waals surface area contributed by atoms with Crippen LogP contribution in [0.4, 0.5) is 0 Å². The zero-order valence-electron chi connectivity index (χ0n) is 73.3. The van der Waals surface area contributed by atoms with Crippen LogP contribution in [0.25, 0.3) is 224 Å². The number of hydrogen-bond donors (Lipinski definition) is 0. The summed E-state index contributed by atoms with van der Waals surface area (Å²) in [6, 6.07) is 136. The van der Waals surface area contributed by atoms with Gasteiger partial charge in [-0.15, -0.1) is 0 Å². The summed E-state index contributed by atoms with van der Waals surface area (Å²) in [5, 5.41) is 6.96. The van der Waals surface area contributed by atoms with E-state index in [4.69, 9.17) is 58.1 Å². The van der Waals surface area contributed by atoms with Crippen LogP contribution in [0.15, 0.2) is 408 Å². The van der Waals surface area contributed by atoms with Crippen molar-refractivity contribution in [3.05, 3.63) is 428 Å². The zero-order chi connectivity index (χ0) is 88.5. The molecular weight excluding hydrogens is 1620 g/mol. The second-order valence-corrected chi connectivity index (χ2v) is 35.8. The first-order chi connectivity index (χ1) is 64.7. The Kier molecular flexibility index (Phi) is 18.6. The van der Waals surface area contributed by atoms with E-state index in [2.05, 4.69) is 230 Å². The molecule has 23 aromatic rings. The van der Waals surface area contributed by atoms with Crippen LogP contribution in [-0.2, 0) is 16.2 Å². The Morgan fingerprint density at radius 1 is 0.159 bits per heavy atom. The van der Waals surface area contributed by atoms with Crippen LogP contribution in [0.3, 0.4) is 0 Å². The lowest BCUT2D eigenvalue weighted by Crippen LogP contribution is -2.16. The normalized spacial score (nSPS) is 13.3. The molecule has 0 amide bonds. The molecule has 0 N–H and O–H groups in total. The lowest BCUT2D eigenvalue weighted by molar-refractivity contribution is 0.619. The van der Waals surface area contributed by atoms with Gasteiger partial charge in [-0.1, -0.05) is 387 Å². The topological polar surface area (TPSA) is 155 Å². The monoisotopic (exact) mass is 1700 g/mol. The summed E-state index contributed by atoms with van der Waals surface area (Å²) in [4.78, 5) is 44.3. The van der Waals surface area contributed by atoms with Gasteiger partial charge in [-0.2, -0.15) is 0 Å². The van der Waals surface area contributed by atoms with Gasteiger partial charge in [0.25, 0.3) is 0 Å². The number of benzene rings is 17. The van der Waals surface area contributed by atoms with E-state index in [1.165, 1.54) is 83.3 Å². The number of para-hydroxylation sites is 3. The molecular formula is C120H83N9O3. The summed E-state index contributed by atoms with van der Waals surface area (Å²) < 4.78 is 19.6. The van der Waals surface area contributed by atoms with E-state index in [1.54, 1.807) is 0 Å². The molecule has 0 bridgehead atoms. The van der Waals surface area contributed by atoms with Crippen molar-refractivity contribution in [2.24, 2.45) is 0 Å². The summed E-state index contributed by atoms with van der Waals surface area (Å²) in [6.45, 7) is 13.9. The average Bonchev–Trinajstić information content (AvgIpc) is 1.55. The molecule has 12 nitrogen and oxygen atoms in total. The van der Waals surface area contributed by atoms with Crippen molar-refractivity contribution in [2.45, 2.75) is 57.8 Å². The fourth-order valence-electron chi connectivity index (χ4n) is 20.5. The van der Waals surface area contributed by atoms with Crippen molar-refractivity contribution in [2.75, 3.05) is 0 Å². The highest BCUT2D eigenvalue weighted by atomic mass is 16.3. The van der Waals surface area contributed by atoms with Crippen LogP contribution in [0, 0.1) is 0 Å². The van der Waals surface area contributed by atoms with Crippen LogP contribution in [0.5, 0.6) is 0 Å². The maximum atomic E-state index is 6.56. The molecule has 3 aliphatic carbocycles. The Morgan fingerprint density at radius 3 is 0.750 bits per heavy atom. The van der Waals surface area contributed by atoms with Crippen LogP contribution in [0.1, 0.15) is 74.9 Å². The van der Waals surface area contributed by atoms with Gasteiger partial charge in [0.15, 0.2) is 52.4 Å². The van der Waals surface area contributed by atoms with E-state index in [0.29, 0.717) is 52.4 Å². The maximum absolute atomic E-state index is 6.56. The molecule has 0 spiro atoms. The van der Waals surface area contributed by atoms with Gasteiger partial charge in [-0.3, -0.25) is 0 Å². The predicted octanol–water partition coefficient (Wildman–Crippen LogP) is 30.6. The SMILES string of the molecule is CC1(C)c2c(-c3ccc(-c4nc(-c5ccccc5)nc(-c5ccccc5)n4)cc3)cccc2-c2ccc3c(oc4ccccc43)c21.CC1(C)c2c(-c3cccc(-c4nc(-c5ccccc5)nc(-c5ccccc5)n4)c3)cccc2-c2ccc3c(oc4ccccc43)c21.CC1(C)c2cc(-c3nc(-c4ccccc4)nc(-c4ccccc4)n3)ccc2-c2ccc3c(oc4ccccc43)c21. The van der Waals surface area contributed by atoms with Crippen LogP contribution >= 0.6 is 0 Å². The van der Waals surface area contributed by atoms with Crippen molar-refractivity contribution < 1.29 is 13.3 Å². The molecule has 26 rings (SSSR count). The summed E-state index contributed by atoms with van der Waals surface area (Å²) in [5.74, 6) is 5.91. The number of furan rings is 3. The molecule has 0 unspecified atom stereocenters. The Bertz CT molecular complexity index is 8350. The lowest BCUT2D eigenvalue weighted by atomic mass is 9.78. The highest BCUT2D eigenvalue weighted by Gasteiger charge is 2.44. The molecule has 12 heteroatoms. The van der Waals surface area contributed by atoms with E-state index in [9.17, 15) is 0 Å². The van der Waals surface area contributed by atoms with E-state index >= 15 is 0 Å². The third-order valence-corrected chi connectivity index (χ3v) is 26.7. The number of aromatic nitrogens is 9. The minimum absolute atomic E-state index is 0.253. The molecule has 0 saturated carbocycles. The number of fused-ring (bicyclic) bond motifs is 21. The molecule has 0 fully saturated rings. The Labute approximate surface area is 762 Å². The molecule has 626 valence electrons. The van der Waals surface area contributed by atoms with Gasteiger partial charge in [0, 0.05) is 115 Å². The van der Waals surface area contributed by atoms with Gasteiger partial charge in [-0.25, -0.2) is 44.9 Å². The van der Waals surface area contributed by atoms with Crippen molar-refractivity contribution in [3.8, 4) is 158 Å². The van der Waals surface area contributed by atoms with Crippen molar-refractivity contribution in [3.63, 3.8) is 0 Å². The minimum atomic E-state index is -0.279. The molecule has 17 aromatic carbocycles. The molecule has 0 saturated heterocycles. The maximum Gasteiger partial charge on any atom is 0.164 e. The lowest BCUT2D eigenvalue weighted by Gasteiger charge is -2.24. The number of nitrogens with zero attached hydrogens (tertiary/aromatic N) is 9. The standard InChI is InChI=1S/2C42H29N3O.C36H25N3O/c1-42(2)36-30(20-12-21-32(36)33-23-24-34-31-19-9-10-22-35(31)46-38(34)37(33)42)28-17-11-18-29(25-28)41-44-39(26-13-5-3-6-14-26)43-40(45-41)27-15-7-4-8-16-27;1-42(2)36-30(17-11-18-32(36)33-24-25-34-31-16-9-10-19-35(31)46-38(34)37(33)42)26-20-22-29(23-21-26)41-44-39(27-12-5-3-6-13-27)43-40(45-41)28-14-7-4-8-15-28;1-36(2)29-21-24(17-18-25(29)27-19-20-28-26-15-9-10-16-30(26)40-32(28)31(27)36)35-38-33(22-11-5-3-6-12-22)37-34(39-35)23-13-7-4-8-14-23/h2*3-25H,1-2H3;3-21H,1-2H3. The fraction of sp³-hybridized carbons (Fsp3) is 0.0750. The van der Waals surface area contributed by atoms with Gasteiger partial charge in [0.05, 0.1) is 0 Å². The predicted molar refractivity (Wildman–Crippen MR) is 534 cm³/mol. The molecule has 0 radical (unpaired) electrons. The zero-order valence-corrected chi connectivity index (χ0v) is 73.3. The Balaban J connectivity index is 0.000000110. The first kappa shape index (κ1) is 78.6. The molecule has 0 atom stereocenters. The average molecular weight is 1700 g/mol. The van der Waals surface area contributed by atoms with E-state index in [0.717, 1.165) is 122 Å². The first-order valence-corrected chi connectivity index (χ1v) is 44.8. The largest absolute Gasteiger partial charge is 0.456 e. The van der Waals surface area contributed by atoms with Gasteiger partial charge >= 0.3 is 0 Å². The molecule has 132 heavy (non-hydrogen) atoms. The van der Waals surface area contributed by atoms with E-state index in [1.807, 2.05) is 206 Å². The summed E-state index contributed by atoms with van der Waals surface area (Å²) in [7, 11) is 0. The third kappa shape index (κ3) is 13.2. The number of rotatable bonds is 11. The third-order valence-electron chi connectivity index (χ3n) is 26.7. The molecule has 3 aliphatic rings. The minimum Gasteiger partial charge on any atom is -0.456 e. The summed E-state index contributed by atoms with van der Waals surface area (Å²) >= 11 is 0. The van der Waals surface area contributed by atoms with Gasteiger partial charge in [0.2, 0.25) is 0 Å². The smallest absolute Gasteiger partial charge is 0.164 e. The van der Waals surface area contributed by atoms with Crippen LogP contribution < -0.4 is 0 Å². The quantitative estimate of drug-likeness (QED) is 0.121. The first-order valence-electron chi connectivity index (χ1n) is 44.8. The summed E-state index contributed by atoms with van der Waals surface area (Å²) in [6.07, 6.45) is 0. The van der Waals surface area contributed by atoms with Crippen LogP contribution in [0.2, 0.25) is 0 Å². The molecule has 6 aromatic heterocycles. The van der Waals surface area contributed by atoms with E-state index in [-0.39, 0.29) is 16.2 Å². The highest BCUT2D eigenvalue weighted by molar-refractivity contribution is 6.12. The molecule has 0 aliphatic heterocycles. The second-order valence-electron chi connectivity index (χ2n) is 35.8. The van der Waals surface area contributed by atoms with Crippen molar-refractivity contribution >= 4 is 65.8 Å². The Hall–Kier alpha value is -16.8. The highest BCUT2D eigenvalue weighted by Crippen LogP contribution is 2.59. The van der Waals surface area contributed by atoms with Gasteiger partial charge in [-0.05, 0) is 121 Å². The second kappa shape index (κ2) is 31.3. The van der Waals surface area contributed by atoms with Crippen molar-refractivity contribution in [1.82, 2.24) is 44.9 Å². The number of hydrogen-bond acceptors (Lipinski definition) is 12. The molecule has 6 heterocycles. The van der Waals surface area contributed by atoms with Crippen molar-refractivity contribution in [1.29, 1.82) is 0 Å². The van der Waals surface area contributed by atoms with Gasteiger partial charge in [0.1, 0.15) is 33.5 Å². The summed E-state index contributed by atoms with van der Waals surface area (Å²) in [5.41, 5.74) is 33.3. The Morgan fingerprint density at radius 2 is 0.394 bits per heavy atom.